The van der Waals surface area contributed by atoms with Crippen LogP contribution in [0.25, 0.3) is 125 Å². The van der Waals surface area contributed by atoms with Crippen molar-refractivity contribution < 1.29 is 0 Å². The van der Waals surface area contributed by atoms with E-state index < -0.39 is 0 Å². The second-order valence-electron chi connectivity index (χ2n) is 16.7. The lowest BCUT2D eigenvalue weighted by Gasteiger charge is -2.14. The van der Waals surface area contributed by atoms with Gasteiger partial charge in [0, 0.05) is 15.5 Å². The number of fused-ring (bicyclic) bond motifs is 9. The van der Waals surface area contributed by atoms with E-state index in [-0.39, 0.29) is 0 Å². The average Bonchev–Trinajstić information content (AvgIpc) is 3.94. The van der Waals surface area contributed by atoms with Crippen molar-refractivity contribution in [1.29, 1.82) is 0 Å². The first kappa shape index (κ1) is 36.5. The van der Waals surface area contributed by atoms with Gasteiger partial charge in [0.2, 0.25) is 0 Å². The molecule has 2 nitrogen and oxygen atoms in total. The number of imidazole rings is 1. The Bertz CT molecular complexity index is 3860. The maximum atomic E-state index is 5.25. The van der Waals surface area contributed by atoms with E-state index in [4.69, 9.17) is 4.98 Å². The standard InChI is InChI=1S/C61H38N2S/c1-3-13-39(14-4-1)47-33-48(40-15-5-2-6-16-40)35-49(34-47)41-23-25-42(26-24-41)50-31-32-51(53-20-10-9-19-52(50)53)43-27-29-44(30-28-43)58-38-55-54-36-45-17-7-8-18-46(45)37-59(54)64-60(55)61-62-56-21-11-12-22-57(56)63(58)61/h1-38H. The molecule has 0 saturated carbocycles. The van der Waals surface area contributed by atoms with Gasteiger partial charge in [-0.05, 0) is 131 Å². The predicted molar refractivity (Wildman–Crippen MR) is 273 cm³/mol. The topological polar surface area (TPSA) is 17.3 Å². The molecule has 3 aromatic heterocycles. The first-order valence-corrected chi connectivity index (χ1v) is 22.7. The Hall–Kier alpha value is -8.11. The molecule has 3 heteroatoms. The number of nitrogens with zero attached hydrogens (tertiary/aromatic N) is 2. The Labute approximate surface area is 374 Å². The molecule has 0 amide bonds. The molecule has 0 spiro atoms. The average molecular weight is 831 g/mol. The Kier molecular flexibility index (Phi) is 8.43. The Balaban J connectivity index is 0.881. The van der Waals surface area contributed by atoms with Crippen LogP contribution in [0.5, 0.6) is 0 Å². The molecule has 0 atom stereocenters. The van der Waals surface area contributed by atoms with E-state index in [1.54, 1.807) is 0 Å². The molecule has 13 aromatic rings. The summed E-state index contributed by atoms with van der Waals surface area (Å²) >= 11 is 1.84. The number of benzene rings is 10. The van der Waals surface area contributed by atoms with Crippen LogP contribution in [0.4, 0.5) is 0 Å². The van der Waals surface area contributed by atoms with E-state index in [1.807, 2.05) is 11.3 Å². The highest BCUT2D eigenvalue weighted by atomic mass is 32.1. The van der Waals surface area contributed by atoms with Gasteiger partial charge < -0.3 is 0 Å². The molecule has 0 unspecified atom stereocenters. The molecule has 0 bridgehead atoms. The normalized spacial score (nSPS) is 11.8. The number of aromatic nitrogens is 2. The zero-order chi connectivity index (χ0) is 42.1. The Morgan fingerprint density at radius 3 is 1.42 bits per heavy atom. The van der Waals surface area contributed by atoms with E-state index in [9.17, 15) is 0 Å². The molecule has 0 saturated heterocycles. The van der Waals surface area contributed by atoms with Gasteiger partial charge in [-0.15, -0.1) is 11.3 Å². The molecule has 13 rings (SSSR count). The van der Waals surface area contributed by atoms with Crippen LogP contribution in [-0.2, 0) is 0 Å². The fraction of sp³-hybridized carbons (Fsp3) is 0. The number of thiophene rings is 1. The lowest BCUT2D eigenvalue weighted by Crippen LogP contribution is -1.93. The van der Waals surface area contributed by atoms with Crippen LogP contribution in [0.1, 0.15) is 0 Å². The minimum atomic E-state index is 1.01. The molecule has 0 aliphatic heterocycles. The van der Waals surface area contributed by atoms with Gasteiger partial charge in [0.25, 0.3) is 0 Å². The highest BCUT2D eigenvalue weighted by Crippen LogP contribution is 2.43. The van der Waals surface area contributed by atoms with Gasteiger partial charge in [-0.3, -0.25) is 4.40 Å². The monoisotopic (exact) mass is 830 g/mol. The van der Waals surface area contributed by atoms with Gasteiger partial charge in [0.1, 0.15) is 0 Å². The molecule has 0 N–H and O–H groups in total. The van der Waals surface area contributed by atoms with E-state index >= 15 is 0 Å². The van der Waals surface area contributed by atoms with Crippen molar-refractivity contribution in [2.75, 3.05) is 0 Å². The van der Waals surface area contributed by atoms with E-state index in [0.717, 1.165) is 27.9 Å². The van der Waals surface area contributed by atoms with Crippen molar-refractivity contribution in [3.63, 3.8) is 0 Å². The Morgan fingerprint density at radius 2 is 0.812 bits per heavy atom. The maximum Gasteiger partial charge on any atom is 0.156 e. The summed E-state index contributed by atoms with van der Waals surface area (Å²) in [5.41, 5.74) is 17.5. The van der Waals surface area contributed by atoms with Crippen molar-refractivity contribution in [3.05, 3.63) is 231 Å². The first-order valence-electron chi connectivity index (χ1n) is 21.8. The second-order valence-corrected chi connectivity index (χ2v) is 17.8. The van der Waals surface area contributed by atoms with Crippen molar-refractivity contribution in [1.82, 2.24) is 9.38 Å². The van der Waals surface area contributed by atoms with Gasteiger partial charge in [-0.2, -0.15) is 0 Å². The third-order valence-electron chi connectivity index (χ3n) is 13.0. The number of hydrogen-bond acceptors (Lipinski definition) is 2. The van der Waals surface area contributed by atoms with Crippen molar-refractivity contribution in [2.45, 2.75) is 0 Å². The van der Waals surface area contributed by atoms with E-state index in [1.165, 1.54) is 97.4 Å². The molecule has 298 valence electrons. The first-order chi connectivity index (χ1) is 31.7. The van der Waals surface area contributed by atoms with Crippen LogP contribution < -0.4 is 0 Å². The fourth-order valence-electron chi connectivity index (χ4n) is 9.80. The fourth-order valence-corrected chi connectivity index (χ4v) is 11.0. The lowest BCUT2D eigenvalue weighted by molar-refractivity contribution is 1.25. The molecule has 0 radical (unpaired) electrons. The van der Waals surface area contributed by atoms with Crippen molar-refractivity contribution in [2.24, 2.45) is 0 Å². The zero-order valence-electron chi connectivity index (χ0n) is 34.7. The van der Waals surface area contributed by atoms with Crippen LogP contribution in [0.2, 0.25) is 0 Å². The summed E-state index contributed by atoms with van der Waals surface area (Å²) in [6.07, 6.45) is 0. The molecule has 0 aliphatic carbocycles. The van der Waals surface area contributed by atoms with Gasteiger partial charge in [0.05, 0.1) is 21.4 Å². The summed E-state index contributed by atoms with van der Waals surface area (Å²) in [5, 5.41) is 7.52. The number of rotatable bonds is 6. The van der Waals surface area contributed by atoms with Crippen molar-refractivity contribution in [3.8, 4) is 66.9 Å². The summed E-state index contributed by atoms with van der Waals surface area (Å²) in [6.45, 7) is 0. The number of para-hydroxylation sites is 2. The molecule has 0 aliphatic rings. The quantitative estimate of drug-likeness (QED) is 0.163. The molecule has 0 fully saturated rings. The minimum absolute atomic E-state index is 1.01. The van der Waals surface area contributed by atoms with Crippen LogP contribution in [0, 0.1) is 0 Å². The van der Waals surface area contributed by atoms with Gasteiger partial charge in [-0.25, -0.2) is 4.98 Å². The second kappa shape index (κ2) is 14.8. The Morgan fingerprint density at radius 1 is 0.328 bits per heavy atom. The highest BCUT2D eigenvalue weighted by molar-refractivity contribution is 7.26. The maximum absolute atomic E-state index is 5.25. The van der Waals surface area contributed by atoms with Gasteiger partial charge in [0.15, 0.2) is 5.65 Å². The largest absolute Gasteiger partial charge is 0.291 e. The predicted octanol–water partition coefficient (Wildman–Crippen LogP) is 17.2. The smallest absolute Gasteiger partial charge is 0.156 e. The van der Waals surface area contributed by atoms with Crippen LogP contribution in [0.15, 0.2) is 231 Å². The molecule has 10 aromatic carbocycles. The zero-order valence-corrected chi connectivity index (χ0v) is 35.6. The third-order valence-corrected chi connectivity index (χ3v) is 14.1. The van der Waals surface area contributed by atoms with Gasteiger partial charge >= 0.3 is 0 Å². The van der Waals surface area contributed by atoms with Crippen LogP contribution in [0.3, 0.4) is 0 Å². The summed E-state index contributed by atoms with van der Waals surface area (Å²) in [5.74, 6) is 0. The molecular formula is C61H38N2S. The molecule has 3 heterocycles. The highest BCUT2D eigenvalue weighted by Gasteiger charge is 2.19. The summed E-state index contributed by atoms with van der Waals surface area (Å²) in [6, 6.07) is 84.2. The lowest BCUT2D eigenvalue weighted by atomic mass is 9.90. The molecule has 64 heavy (non-hydrogen) atoms. The minimum Gasteiger partial charge on any atom is -0.291 e. The third kappa shape index (κ3) is 6.05. The van der Waals surface area contributed by atoms with Crippen LogP contribution >= 0.6 is 11.3 Å². The summed E-state index contributed by atoms with van der Waals surface area (Å²) in [7, 11) is 0. The summed E-state index contributed by atoms with van der Waals surface area (Å²) in [4.78, 5) is 5.25. The van der Waals surface area contributed by atoms with Gasteiger partial charge in [-0.1, -0.05) is 182 Å². The van der Waals surface area contributed by atoms with E-state index in [0.29, 0.717) is 0 Å². The number of pyridine rings is 1. The summed E-state index contributed by atoms with van der Waals surface area (Å²) < 4.78 is 4.87. The molecular weight excluding hydrogens is 793 g/mol. The van der Waals surface area contributed by atoms with Crippen LogP contribution in [-0.4, -0.2) is 9.38 Å². The van der Waals surface area contributed by atoms with E-state index in [2.05, 4.69) is 235 Å². The SMILES string of the molecule is c1ccc(-c2cc(-c3ccccc3)cc(-c3ccc(-c4ccc(-c5ccc(-c6cc7c8cc9ccccc9cc8sc7c7nc8ccccc8n67)cc5)c5ccccc45)cc3)c2)cc1. The van der Waals surface area contributed by atoms with Crippen molar-refractivity contribution >= 4 is 69.7 Å². The number of hydrogen-bond donors (Lipinski definition) is 0.